The smallest absolute Gasteiger partial charge is 0.160 e. The number of fused-ring (bicyclic) bond motifs is 5. The summed E-state index contributed by atoms with van der Waals surface area (Å²) in [6, 6.07) is 3.91. The molecule has 0 saturated heterocycles. The largest absolute Gasteiger partial charge is 0.504 e. The van der Waals surface area contributed by atoms with E-state index in [2.05, 4.69) is 12.8 Å². The minimum Gasteiger partial charge on any atom is -0.504 e. The Morgan fingerprint density at radius 3 is 2.75 bits per heavy atom. The topological polar surface area (TPSA) is 49.7 Å². The number of terminal acetylenes is 1. The van der Waals surface area contributed by atoms with E-state index in [1.54, 1.807) is 7.11 Å². The standard InChI is InChI=1S/C21H26O3/c1-4-21(23)10-8-17-15-6-5-13-11-18(22)19(24-3)12-16(13)14(15)7-9-20(17,21)2/h1,11-12,14-15,17,22-23H,5-10H2,2-3H3. The molecule has 24 heavy (non-hydrogen) atoms. The van der Waals surface area contributed by atoms with Gasteiger partial charge in [0.1, 0.15) is 5.60 Å². The molecule has 3 aliphatic rings. The van der Waals surface area contributed by atoms with Crippen molar-refractivity contribution in [3.8, 4) is 23.8 Å². The molecule has 2 saturated carbocycles. The van der Waals surface area contributed by atoms with E-state index in [0.29, 0.717) is 23.5 Å². The van der Waals surface area contributed by atoms with Gasteiger partial charge in [0.25, 0.3) is 0 Å². The van der Waals surface area contributed by atoms with Crippen molar-refractivity contribution in [2.45, 2.75) is 57.0 Å². The Labute approximate surface area is 144 Å². The fourth-order valence-electron chi connectivity index (χ4n) is 6.00. The van der Waals surface area contributed by atoms with Gasteiger partial charge in [-0.05, 0) is 79.5 Å². The summed E-state index contributed by atoms with van der Waals surface area (Å²) in [5, 5.41) is 21.0. The molecule has 0 spiro atoms. The first-order chi connectivity index (χ1) is 11.4. The van der Waals surface area contributed by atoms with Gasteiger partial charge in [0.2, 0.25) is 0 Å². The van der Waals surface area contributed by atoms with E-state index >= 15 is 0 Å². The Bertz CT molecular complexity index is 719. The van der Waals surface area contributed by atoms with Crippen LogP contribution >= 0.6 is 0 Å². The Balaban J connectivity index is 1.73. The molecule has 4 rings (SSSR count). The fourth-order valence-corrected chi connectivity index (χ4v) is 6.00. The van der Waals surface area contributed by atoms with Crippen LogP contribution in [0, 0.1) is 29.6 Å². The Morgan fingerprint density at radius 1 is 1.25 bits per heavy atom. The molecule has 5 unspecified atom stereocenters. The number of hydrogen-bond donors (Lipinski definition) is 2. The van der Waals surface area contributed by atoms with Gasteiger partial charge in [0.05, 0.1) is 7.11 Å². The monoisotopic (exact) mass is 326 g/mol. The van der Waals surface area contributed by atoms with Crippen molar-refractivity contribution >= 4 is 0 Å². The number of aromatic hydroxyl groups is 1. The zero-order valence-electron chi connectivity index (χ0n) is 14.5. The number of ether oxygens (including phenoxy) is 1. The van der Waals surface area contributed by atoms with Crippen molar-refractivity contribution in [1.82, 2.24) is 0 Å². The molecule has 2 N–H and O–H groups in total. The highest BCUT2D eigenvalue weighted by Crippen LogP contribution is 2.64. The van der Waals surface area contributed by atoms with Crippen molar-refractivity contribution < 1.29 is 14.9 Å². The van der Waals surface area contributed by atoms with Crippen LogP contribution in [-0.2, 0) is 6.42 Å². The average molecular weight is 326 g/mol. The van der Waals surface area contributed by atoms with Crippen LogP contribution in [0.3, 0.4) is 0 Å². The molecule has 5 atom stereocenters. The molecule has 3 aliphatic carbocycles. The summed E-state index contributed by atoms with van der Waals surface area (Å²) in [5.41, 5.74) is 1.47. The lowest BCUT2D eigenvalue weighted by atomic mass is 9.53. The predicted octanol–water partition coefficient (Wildman–Crippen LogP) is 3.62. The molecule has 3 nitrogen and oxygen atoms in total. The van der Waals surface area contributed by atoms with Crippen LogP contribution in [0.1, 0.15) is 56.1 Å². The van der Waals surface area contributed by atoms with Gasteiger partial charge in [0.15, 0.2) is 11.5 Å². The van der Waals surface area contributed by atoms with Gasteiger partial charge >= 0.3 is 0 Å². The van der Waals surface area contributed by atoms with Gasteiger partial charge in [-0.3, -0.25) is 0 Å². The third-order valence-electron chi connectivity index (χ3n) is 7.41. The van der Waals surface area contributed by atoms with Crippen LogP contribution in [-0.4, -0.2) is 22.9 Å². The van der Waals surface area contributed by atoms with Gasteiger partial charge in [-0.2, -0.15) is 0 Å². The molecular formula is C21H26O3. The first-order valence-corrected chi connectivity index (χ1v) is 9.03. The molecule has 2 fully saturated rings. The van der Waals surface area contributed by atoms with E-state index < -0.39 is 5.60 Å². The lowest BCUT2D eigenvalue weighted by Gasteiger charge is -2.52. The maximum absolute atomic E-state index is 11.0. The fraction of sp³-hybridized carbons (Fsp3) is 0.619. The van der Waals surface area contributed by atoms with Gasteiger partial charge in [0, 0.05) is 5.41 Å². The number of hydrogen-bond acceptors (Lipinski definition) is 3. The van der Waals surface area contributed by atoms with E-state index in [9.17, 15) is 10.2 Å². The Morgan fingerprint density at radius 2 is 2.04 bits per heavy atom. The SMILES string of the molecule is C#CC1(O)CCC2C3CCc4cc(O)c(OC)cc4C3CCC21C. The quantitative estimate of drug-likeness (QED) is 0.775. The summed E-state index contributed by atoms with van der Waals surface area (Å²) in [4.78, 5) is 0. The molecule has 0 heterocycles. The average Bonchev–Trinajstić information content (AvgIpc) is 2.86. The van der Waals surface area contributed by atoms with Crippen molar-refractivity contribution in [2.24, 2.45) is 17.3 Å². The van der Waals surface area contributed by atoms with Gasteiger partial charge in [-0.15, -0.1) is 6.42 Å². The van der Waals surface area contributed by atoms with Crippen LogP contribution < -0.4 is 4.74 Å². The second-order valence-corrected chi connectivity index (χ2v) is 8.14. The lowest BCUT2D eigenvalue weighted by Crippen LogP contribution is -2.50. The molecule has 1 aromatic rings. The number of aliphatic hydroxyl groups is 1. The van der Waals surface area contributed by atoms with Crippen molar-refractivity contribution in [1.29, 1.82) is 0 Å². The normalized spacial score (nSPS) is 40.2. The summed E-state index contributed by atoms with van der Waals surface area (Å²) in [5.74, 6) is 5.05. The number of rotatable bonds is 1. The third kappa shape index (κ3) is 1.90. The number of benzene rings is 1. The van der Waals surface area contributed by atoms with Gasteiger partial charge in [-0.1, -0.05) is 12.8 Å². The number of phenols is 1. The van der Waals surface area contributed by atoms with Crippen LogP contribution in [0.2, 0.25) is 0 Å². The molecule has 3 heteroatoms. The summed E-state index contributed by atoms with van der Waals surface area (Å²) in [6.07, 6.45) is 11.6. The van der Waals surface area contributed by atoms with E-state index in [1.807, 2.05) is 12.1 Å². The zero-order chi connectivity index (χ0) is 17.1. The minimum atomic E-state index is -0.949. The maximum atomic E-state index is 11.0. The molecule has 0 aliphatic heterocycles. The highest BCUT2D eigenvalue weighted by Gasteiger charge is 2.61. The molecule has 0 amide bonds. The number of methoxy groups -OCH3 is 1. The van der Waals surface area contributed by atoms with E-state index in [0.717, 1.165) is 38.5 Å². The highest BCUT2D eigenvalue weighted by atomic mass is 16.5. The van der Waals surface area contributed by atoms with Crippen LogP contribution in [0.25, 0.3) is 0 Å². The van der Waals surface area contributed by atoms with Gasteiger partial charge < -0.3 is 14.9 Å². The second kappa shape index (κ2) is 5.17. The summed E-state index contributed by atoms with van der Waals surface area (Å²) >= 11 is 0. The Kier molecular flexibility index (Phi) is 3.41. The van der Waals surface area contributed by atoms with Crippen LogP contribution in [0.15, 0.2) is 12.1 Å². The van der Waals surface area contributed by atoms with E-state index in [-0.39, 0.29) is 11.2 Å². The molecule has 1 aromatic carbocycles. The van der Waals surface area contributed by atoms with Crippen molar-refractivity contribution in [3.05, 3.63) is 23.3 Å². The van der Waals surface area contributed by atoms with Gasteiger partial charge in [-0.25, -0.2) is 0 Å². The highest BCUT2D eigenvalue weighted by molar-refractivity contribution is 5.49. The molecule has 128 valence electrons. The molecule has 0 radical (unpaired) electrons. The van der Waals surface area contributed by atoms with Crippen LogP contribution in [0.5, 0.6) is 11.5 Å². The molecular weight excluding hydrogens is 300 g/mol. The number of aryl methyl sites for hydroxylation is 1. The third-order valence-corrected chi connectivity index (χ3v) is 7.41. The van der Waals surface area contributed by atoms with E-state index in [4.69, 9.17) is 11.2 Å². The zero-order valence-corrected chi connectivity index (χ0v) is 14.5. The predicted molar refractivity (Wildman–Crippen MR) is 93.1 cm³/mol. The lowest BCUT2D eigenvalue weighted by molar-refractivity contribution is -0.0647. The number of phenolic OH excluding ortho intramolecular Hbond substituents is 1. The summed E-state index contributed by atoms with van der Waals surface area (Å²) < 4.78 is 5.33. The summed E-state index contributed by atoms with van der Waals surface area (Å²) in [7, 11) is 1.60. The second-order valence-electron chi connectivity index (χ2n) is 8.14. The minimum absolute atomic E-state index is 0.165. The van der Waals surface area contributed by atoms with E-state index in [1.165, 1.54) is 11.1 Å². The van der Waals surface area contributed by atoms with Crippen LogP contribution in [0.4, 0.5) is 0 Å². The van der Waals surface area contributed by atoms with Crippen molar-refractivity contribution in [2.75, 3.05) is 7.11 Å². The summed E-state index contributed by atoms with van der Waals surface area (Å²) in [6.45, 7) is 2.20. The first-order valence-electron chi connectivity index (χ1n) is 9.03. The molecule has 0 aromatic heterocycles. The molecule has 0 bridgehead atoms. The Hall–Kier alpha value is -1.66. The van der Waals surface area contributed by atoms with Crippen molar-refractivity contribution in [3.63, 3.8) is 0 Å². The maximum Gasteiger partial charge on any atom is 0.160 e. The first kappa shape index (κ1) is 15.8.